The molecule has 2 aliphatic heterocycles. The van der Waals surface area contributed by atoms with Crippen molar-refractivity contribution in [3.05, 3.63) is 11.6 Å². The zero-order valence-electron chi connectivity index (χ0n) is 16.4. The van der Waals surface area contributed by atoms with Crippen LogP contribution < -0.4 is 5.32 Å². The van der Waals surface area contributed by atoms with Crippen LogP contribution in [0.3, 0.4) is 0 Å². The van der Waals surface area contributed by atoms with E-state index in [0.29, 0.717) is 6.10 Å². The van der Waals surface area contributed by atoms with Crippen molar-refractivity contribution in [1.29, 1.82) is 0 Å². The molecule has 0 atom stereocenters. The van der Waals surface area contributed by atoms with Gasteiger partial charge in [0.15, 0.2) is 5.96 Å². The maximum Gasteiger partial charge on any atom is 0.193 e. The monoisotopic (exact) mass is 481 g/mol. The number of ether oxygens (including phenoxy) is 3. The van der Waals surface area contributed by atoms with Gasteiger partial charge < -0.3 is 24.4 Å². The molecule has 0 aliphatic carbocycles. The first-order valence-corrected chi connectivity index (χ1v) is 9.73. The quantitative estimate of drug-likeness (QED) is 0.181. The van der Waals surface area contributed by atoms with Crippen LogP contribution in [0.5, 0.6) is 0 Å². The molecule has 0 aromatic heterocycles. The van der Waals surface area contributed by atoms with Crippen molar-refractivity contribution < 1.29 is 14.2 Å². The van der Waals surface area contributed by atoms with E-state index in [4.69, 9.17) is 19.2 Å². The van der Waals surface area contributed by atoms with Crippen LogP contribution in [-0.4, -0.2) is 76.7 Å². The summed E-state index contributed by atoms with van der Waals surface area (Å²) in [5.41, 5.74) is 1.48. The molecule has 7 heteroatoms. The Hall–Kier alpha value is -0.380. The van der Waals surface area contributed by atoms with Crippen molar-refractivity contribution in [2.24, 2.45) is 4.99 Å². The fourth-order valence-corrected chi connectivity index (χ4v) is 3.21. The zero-order chi connectivity index (χ0) is 17.7. The van der Waals surface area contributed by atoms with Crippen LogP contribution in [0.15, 0.2) is 16.6 Å². The summed E-state index contributed by atoms with van der Waals surface area (Å²) in [4.78, 5) is 7.21. The SMILES string of the molecule is CCNC(=NCCC1=CCOCC1)N1CCC(OCCCOC)CC1.I. The molecule has 0 aromatic carbocycles. The molecule has 6 nitrogen and oxygen atoms in total. The van der Waals surface area contributed by atoms with Gasteiger partial charge in [0.05, 0.1) is 19.3 Å². The van der Waals surface area contributed by atoms with Crippen LogP contribution >= 0.6 is 24.0 Å². The number of methoxy groups -OCH3 is 1. The number of halogens is 1. The van der Waals surface area contributed by atoms with E-state index in [1.807, 2.05) is 0 Å². The molecular formula is C19H36IN3O3. The number of nitrogens with zero attached hydrogens (tertiary/aromatic N) is 2. The van der Waals surface area contributed by atoms with E-state index < -0.39 is 0 Å². The Morgan fingerprint density at radius 1 is 1.35 bits per heavy atom. The van der Waals surface area contributed by atoms with Gasteiger partial charge >= 0.3 is 0 Å². The van der Waals surface area contributed by atoms with Crippen molar-refractivity contribution in [2.45, 2.75) is 45.1 Å². The number of rotatable bonds is 9. The highest BCUT2D eigenvalue weighted by Crippen LogP contribution is 2.15. The number of piperidine rings is 1. The third-order valence-electron chi connectivity index (χ3n) is 4.67. The summed E-state index contributed by atoms with van der Waals surface area (Å²) in [6, 6.07) is 0. The lowest BCUT2D eigenvalue weighted by Gasteiger charge is -2.34. The summed E-state index contributed by atoms with van der Waals surface area (Å²) < 4.78 is 16.4. The first-order valence-electron chi connectivity index (χ1n) is 9.73. The van der Waals surface area contributed by atoms with Gasteiger partial charge in [-0.3, -0.25) is 4.99 Å². The van der Waals surface area contributed by atoms with Crippen LogP contribution in [0.2, 0.25) is 0 Å². The lowest BCUT2D eigenvalue weighted by Crippen LogP contribution is -2.47. The number of guanidine groups is 1. The van der Waals surface area contributed by atoms with Crippen molar-refractivity contribution in [1.82, 2.24) is 10.2 Å². The van der Waals surface area contributed by atoms with E-state index in [0.717, 1.165) is 90.7 Å². The van der Waals surface area contributed by atoms with E-state index in [-0.39, 0.29) is 24.0 Å². The van der Waals surface area contributed by atoms with Crippen LogP contribution in [-0.2, 0) is 14.2 Å². The normalized spacial score (nSPS) is 19.1. The fourth-order valence-electron chi connectivity index (χ4n) is 3.21. The minimum atomic E-state index is 0. The number of hydrogen-bond acceptors (Lipinski definition) is 4. The highest BCUT2D eigenvalue weighted by atomic mass is 127. The lowest BCUT2D eigenvalue weighted by atomic mass is 10.1. The number of hydrogen-bond donors (Lipinski definition) is 1. The highest BCUT2D eigenvalue weighted by Gasteiger charge is 2.21. The van der Waals surface area contributed by atoms with Crippen molar-refractivity contribution in [2.75, 3.05) is 59.7 Å². The molecule has 0 saturated carbocycles. The van der Waals surface area contributed by atoms with Gasteiger partial charge in [-0.25, -0.2) is 0 Å². The summed E-state index contributed by atoms with van der Waals surface area (Å²) in [6.45, 7) is 9.09. The van der Waals surface area contributed by atoms with Gasteiger partial charge in [0.25, 0.3) is 0 Å². The highest BCUT2D eigenvalue weighted by molar-refractivity contribution is 14.0. The maximum atomic E-state index is 5.95. The second kappa shape index (κ2) is 14.6. The molecule has 26 heavy (non-hydrogen) atoms. The Balaban J connectivity index is 0.00000338. The van der Waals surface area contributed by atoms with Crippen LogP contribution in [0.4, 0.5) is 0 Å². The van der Waals surface area contributed by atoms with E-state index in [1.54, 1.807) is 7.11 Å². The molecule has 2 aliphatic rings. The summed E-state index contributed by atoms with van der Waals surface area (Å²) >= 11 is 0. The molecule has 0 spiro atoms. The molecule has 2 heterocycles. The average molecular weight is 481 g/mol. The topological polar surface area (TPSA) is 55.3 Å². The van der Waals surface area contributed by atoms with Gasteiger partial charge in [0.1, 0.15) is 0 Å². The first kappa shape index (κ1) is 23.7. The molecule has 2 rings (SSSR count). The summed E-state index contributed by atoms with van der Waals surface area (Å²) in [5, 5.41) is 3.44. The Bertz CT molecular complexity index is 424. The van der Waals surface area contributed by atoms with Crippen LogP contribution in [0.1, 0.15) is 39.0 Å². The zero-order valence-corrected chi connectivity index (χ0v) is 18.7. The summed E-state index contributed by atoms with van der Waals surface area (Å²) in [7, 11) is 1.73. The number of aliphatic imine (C=N–C) groups is 1. The molecule has 0 amide bonds. The Morgan fingerprint density at radius 3 is 2.81 bits per heavy atom. The van der Waals surface area contributed by atoms with E-state index in [1.165, 1.54) is 5.57 Å². The van der Waals surface area contributed by atoms with Gasteiger partial charge in [-0.1, -0.05) is 11.6 Å². The molecule has 0 aromatic rings. The molecule has 152 valence electrons. The minimum absolute atomic E-state index is 0. The Kier molecular flexibility index (Phi) is 13.3. The smallest absolute Gasteiger partial charge is 0.193 e. The lowest BCUT2D eigenvalue weighted by molar-refractivity contribution is 0.00991. The Labute approximate surface area is 175 Å². The standard InChI is InChI=1S/C19H35N3O3.HI/c1-3-20-19(21-10-5-17-8-15-24-16-9-17)22-11-6-18(7-12-22)25-14-4-13-23-2;/h8,18H,3-7,9-16H2,1-2H3,(H,20,21);1H. The molecule has 1 N–H and O–H groups in total. The number of likely N-dealkylation sites (tertiary alicyclic amines) is 1. The van der Waals surface area contributed by atoms with Gasteiger partial charge in [0.2, 0.25) is 0 Å². The van der Waals surface area contributed by atoms with Crippen LogP contribution in [0.25, 0.3) is 0 Å². The molecule has 0 radical (unpaired) electrons. The van der Waals surface area contributed by atoms with E-state index in [2.05, 4.69) is 23.2 Å². The van der Waals surface area contributed by atoms with Crippen molar-refractivity contribution in [3.8, 4) is 0 Å². The molecule has 0 bridgehead atoms. The summed E-state index contributed by atoms with van der Waals surface area (Å²) in [6.07, 6.45) is 7.79. The van der Waals surface area contributed by atoms with E-state index in [9.17, 15) is 0 Å². The van der Waals surface area contributed by atoms with Gasteiger partial charge in [-0.05, 0) is 39.0 Å². The van der Waals surface area contributed by atoms with E-state index >= 15 is 0 Å². The molecule has 1 saturated heterocycles. The molecule has 1 fully saturated rings. The van der Waals surface area contributed by atoms with Crippen molar-refractivity contribution >= 4 is 29.9 Å². The first-order chi connectivity index (χ1) is 12.3. The predicted molar refractivity (Wildman–Crippen MR) is 117 cm³/mol. The maximum absolute atomic E-state index is 5.95. The second-order valence-electron chi connectivity index (χ2n) is 6.58. The van der Waals surface area contributed by atoms with Gasteiger partial charge in [-0.15, -0.1) is 24.0 Å². The Morgan fingerprint density at radius 2 is 2.15 bits per heavy atom. The second-order valence-corrected chi connectivity index (χ2v) is 6.58. The van der Waals surface area contributed by atoms with Gasteiger partial charge in [0, 0.05) is 46.5 Å². The van der Waals surface area contributed by atoms with Gasteiger partial charge in [-0.2, -0.15) is 0 Å². The largest absolute Gasteiger partial charge is 0.385 e. The predicted octanol–water partition coefficient (Wildman–Crippen LogP) is 2.82. The fraction of sp³-hybridized carbons (Fsp3) is 0.842. The number of nitrogens with one attached hydrogen (secondary N) is 1. The molecule has 0 unspecified atom stereocenters. The minimum Gasteiger partial charge on any atom is -0.385 e. The third kappa shape index (κ3) is 9.01. The van der Waals surface area contributed by atoms with Crippen LogP contribution in [0, 0.1) is 0 Å². The van der Waals surface area contributed by atoms with Crippen molar-refractivity contribution in [3.63, 3.8) is 0 Å². The molecular weight excluding hydrogens is 445 g/mol. The summed E-state index contributed by atoms with van der Waals surface area (Å²) in [5.74, 6) is 1.05. The third-order valence-corrected chi connectivity index (χ3v) is 4.67. The average Bonchev–Trinajstić information content (AvgIpc) is 2.66.